The molecule has 0 bridgehead atoms. The van der Waals surface area contributed by atoms with Gasteiger partial charge in [-0.1, -0.05) is 43.0 Å². The van der Waals surface area contributed by atoms with Crippen LogP contribution in [0.15, 0.2) is 64.3 Å². The van der Waals surface area contributed by atoms with E-state index in [2.05, 4.69) is 6.58 Å². The number of phenolic OH excluding ortho intramolecular Hbond substituents is 1. The molecule has 3 aromatic rings. The summed E-state index contributed by atoms with van der Waals surface area (Å²) in [5.41, 5.74) is 1.60. The minimum Gasteiger partial charge on any atom is -0.507 e. The van der Waals surface area contributed by atoms with Crippen molar-refractivity contribution in [1.82, 2.24) is 0 Å². The molecule has 1 heterocycles. The largest absolute Gasteiger partial charge is 0.507 e. The van der Waals surface area contributed by atoms with E-state index in [1.807, 2.05) is 30.3 Å². The predicted molar refractivity (Wildman–Crippen MR) is 79.7 cm³/mol. The molecule has 0 spiro atoms. The van der Waals surface area contributed by atoms with Crippen molar-refractivity contribution < 1.29 is 9.52 Å². The summed E-state index contributed by atoms with van der Waals surface area (Å²) in [5.74, 6) is 0.384. The van der Waals surface area contributed by atoms with Crippen molar-refractivity contribution in [1.29, 1.82) is 0 Å². The van der Waals surface area contributed by atoms with E-state index in [1.54, 1.807) is 12.1 Å². The molecule has 0 amide bonds. The number of benzene rings is 2. The summed E-state index contributed by atoms with van der Waals surface area (Å²) >= 11 is 0. The van der Waals surface area contributed by atoms with E-state index in [4.69, 9.17) is 4.42 Å². The van der Waals surface area contributed by atoms with Gasteiger partial charge in [0.2, 0.25) is 0 Å². The van der Waals surface area contributed by atoms with E-state index in [9.17, 15) is 9.90 Å². The van der Waals surface area contributed by atoms with Crippen molar-refractivity contribution in [2.24, 2.45) is 0 Å². The maximum absolute atomic E-state index is 12.1. The molecule has 0 aliphatic heterocycles. The second kappa shape index (κ2) is 4.70. The van der Waals surface area contributed by atoms with Gasteiger partial charge in [0.25, 0.3) is 0 Å². The molecular formula is C17H12O3. The van der Waals surface area contributed by atoms with E-state index >= 15 is 0 Å². The molecule has 20 heavy (non-hydrogen) atoms. The highest BCUT2D eigenvalue weighted by atomic mass is 16.3. The van der Waals surface area contributed by atoms with Gasteiger partial charge in [-0.2, -0.15) is 0 Å². The van der Waals surface area contributed by atoms with Crippen LogP contribution in [-0.2, 0) is 0 Å². The van der Waals surface area contributed by atoms with Crippen molar-refractivity contribution in [2.75, 3.05) is 0 Å². The molecule has 0 aliphatic carbocycles. The molecule has 0 saturated carbocycles. The molecule has 0 saturated heterocycles. The van der Waals surface area contributed by atoms with Crippen molar-refractivity contribution in [2.45, 2.75) is 0 Å². The molecule has 0 radical (unpaired) electrons. The number of fused-ring (bicyclic) bond motifs is 1. The van der Waals surface area contributed by atoms with Gasteiger partial charge in [0, 0.05) is 11.6 Å². The van der Waals surface area contributed by atoms with Crippen LogP contribution in [0.25, 0.3) is 28.4 Å². The Morgan fingerprint density at radius 2 is 1.85 bits per heavy atom. The highest BCUT2D eigenvalue weighted by Crippen LogP contribution is 2.28. The Labute approximate surface area is 115 Å². The van der Waals surface area contributed by atoms with E-state index < -0.39 is 0 Å². The van der Waals surface area contributed by atoms with Crippen molar-refractivity contribution >= 4 is 17.0 Å². The number of aromatic hydroxyl groups is 1. The Morgan fingerprint density at radius 3 is 2.55 bits per heavy atom. The van der Waals surface area contributed by atoms with Crippen LogP contribution in [0.2, 0.25) is 0 Å². The first-order valence-electron chi connectivity index (χ1n) is 6.18. The second-order valence-corrected chi connectivity index (χ2v) is 4.46. The number of rotatable bonds is 2. The fourth-order valence-electron chi connectivity index (χ4n) is 2.15. The van der Waals surface area contributed by atoms with Crippen LogP contribution in [0.5, 0.6) is 5.75 Å². The van der Waals surface area contributed by atoms with Crippen LogP contribution in [-0.4, -0.2) is 5.11 Å². The lowest BCUT2D eigenvalue weighted by Gasteiger charge is -2.05. The van der Waals surface area contributed by atoms with E-state index in [1.165, 1.54) is 12.1 Å². The van der Waals surface area contributed by atoms with Crippen LogP contribution in [0, 0.1) is 0 Å². The van der Waals surface area contributed by atoms with Gasteiger partial charge in [0.05, 0.1) is 0 Å². The molecule has 0 fully saturated rings. The quantitative estimate of drug-likeness (QED) is 0.765. The van der Waals surface area contributed by atoms with Crippen LogP contribution < -0.4 is 5.43 Å². The zero-order valence-corrected chi connectivity index (χ0v) is 10.7. The third-order valence-corrected chi connectivity index (χ3v) is 3.13. The monoisotopic (exact) mass is 264 g/mol. The van der Waals surface area contributed by atoms with Gasteiger partial charge in [0.15, 0.2) is 5.43 Å². The Kier molecular flexibility index (Phi) is 2.88. The number of hydrogen-bond acceptors (Lipinski definition) is 3. The normalized spacial score (nSPS) is 10.6. The summed E-state index contributed by atoms with van der Waals surface area (Å²) in [5, 5.41) is 10.1. The summed E-state index contributed by atoms with van der Waals surface area (Å²) in [7, 11) is 0. The lowest BCUT2D eigenvalue weighted by atomic mass is 10.1. The van der Waals surface area contributed by atoms with Gasteiger partial charge in [-0.3, -0.25) is 4.79 Å². The highest BCUT2D eigenvalue weighted by molar-refractivity contribution is 5.86. The summed E-state index contributed by atoms with van der Waals surface area (Å²) in [6.07, 6.45) is 1.59. The molecule has 3 heteroatoms. The van der Waals surface area contributed by atoms with Crippen LogP contribution in [0.1, 0.15) is 5.56 Å². The average molecular weight is 264 g/mol. The summed E-state index contributed by atoms with van der Waals surface area (Å²) in [6, 6.07) is 13.9. The van der Waals surface area contributed by atoms with E-state index in [0.29, 0.717) is 16.9 Å². The first-order chi connectivity index (χ1) is 9.69. The summed E-state index contributed by atoms with van der Waals surface area (Å²) in [4.78, 5) is 12.1. The summed E-state index contributed by atoms with van der Waals surface area (Å²) < 4.78 is 5.74. The topological polar surface area (TPSA) is 50.4 Å². The molecule has 3 nitrogen and oxygen atoms in total. The number of phenols is 1. The zero-order valence-electron chi connectivity index (χ0n) is 10.7. The molecule has 98 valence electrons. The standard InChI is InChI=1S/C17H12O3/c1-2-11-8-13(18)17-14(19)10-15(20-16(17)9-11)12-6-4-3-5-7-12/h2-10,18H,1H2. The Hall–Kier alpha value is -2.81. The number of hydrogen-bond donors (Lipinski definition) is 1. The first kappa shape index (κ1) is 12.2. The minimum atomic E-state index is -0.266. The van der Waals surface area contributed by atoms with Crippen LogP contribution >= 0.6 is 0 Å². The highest BCUT2D eigenvalue weighted by Gasteiger charge is 2.11. The van der Waals surface area contributed by atoms with Gasteiger partial charge in [-0.15, -0.1) is 0 Å². The molecule has 0 aliphatic rings. The lowest BCUT2D eigenvalue weighted by Crippen LogP contribution is -2.01. The first-order valence-corrected chi connectivity index (χ1v) is 6.18. The fourth-order valence-corrected chi connectivity index (χ4v) is 2.15. The Balaban J connectivity index is 2.34. The minimum absolute atomic E-state index is 0.0919. The Bertz CT molecular complexity index is 845. The molecule has 0 atom stereocenters. The summed E-state index contributed by atoms with van der Waals surface area (Å²) in [6.45, 7) is 3.65. The molecule has 0 unspecified atom stereocenters. The molecule has 2 aromatic carbocycles. The maximum Gasteiger partial charge on any atom is 0.197 e. The van der Waals surface area contributed by atoms with Crippen molar-refractivity contribution in [3.05, 3.63) is 70.9 Å². The third kappa shape index (κ3) is 1.99. The van der Waals surface area contributed by atoms with E-state index in [-0.39, 0.29) is 16.6 Å². The van der Waals surface area contributed by atoms with Gasteiger partial charge >= 0.3 is 0 Å². The zero-order chi connectivity index (χ0) is 14.1. The maximum atomic E-state index is 12.1. The predicted octanol–water partition coefficient (Wildman–Crippen LogP) is 3.81. The molecule has 1 N–H and O–H groups in total. The smallest absolute Gasteiger partial charge is 0.197 e. The van der Waals surface area contributed by atoms with Gasteiger partial charge in [-0.05, 0) is 17.7 Å². The third-order valence-electron chi connectivity index (χ3n) is 3.13. The van der Waals surface area contributed by atoms with Gasteiger partial charge < -0.3 is 9.52 Å². The molecule has 3 rings (SSSR count). The van der Waals surface area contributed by atoms with Gasteiger partial charge in [-0.25, -0.2) is 0 Å². The van der Waals surface area contributed by atoms with Crippen molar-refractivity contribution in [3.63, 3.8) is 0 Å². The molecule has 1 aromatic heterocycles. The van der Waals surface area contributed by atoms with Crippen LogP contribution in [0.4, 0.5) is 0 Å². The van der Waals surface area contributed by atoms with Crippen LogP contribution in [0.3, 0.4) is 0 Å². The van der Waals surface area contributed by atoms with Crippen molar-refractivity contribution in [3.8, 4) is 17.1 Å². The molecular weight excluding hydrogens is 252 g/mol. The van der Waals surface area contributed by atoms with Gasteiger partial charge in [0.1, 0.15) is 22.5 Å². The Morgan fingerprint density at radius 1 is 1.10 bits per heavy atom. The van der Waals surface area contributed by atoms with E-state index in [0.717, 1.165) is 5.56 Å². The second-order valence-electron chi connectivity index (χ2n) is 4.46. The SMILES string of the molecule is C=Cc1cc(O)c2c(=O)cc(-c3ccccc3)oc2c1. The fraction of sp³-hybridized carbons (Fsp3) is 0. The average Bonchev–Trinajstić information content (AvgIpc) is 2.47. The lowest BCUT2D eigenvalue weighted by molar-refractivity contribution is 0.479.